The lowest BCUT2D eigenvalue weighted by atomic mass is 10.2. The molecule has 1 aromatic carbocycles. The van der Waals surface area contributed by atoms with Gasteiger partial charge >= 0.3 is 0 Å². The van der Waals surface area contributed by atoms with E-state index in [9.17, 15) is 9.59 Å². The Morgan fingerprint density at radius 2 is 2.21 bits per heavy atom. The molecule has 1 N–H and O–H groups in total. The summed E-state index contributed by atoms with van der Waals surface area (Å²) in [6, 6.07) is 7.10. The number of nitrogens with one attached hydrogen (secondary N) is 1. The molecule has 1 aliphatic rings. The standard InChI is InChI=1S/C16H19N5O3/c1-11-8-20(19-18-11)10-15(22)17-12-7-16(23)21(9-12)13-5-3-4-6-14(13)24-2/h3-6,8,12H,7,9-10H2,1-2H3,(H,17,22)/t12-/m0/s1. The van der Waals surface area contributed by atoms with Gasteiger partial charge in [-0.1, -0.05) is 17.3 Å². The van der Waals surface area contributed by atoms with Gasteiger partial charge in [0.15, 0.2) is 0 Å². The van der Waals surface area contributed by atoms with Crippen molar-refractivity contribution in [3.63, 3.8) is 0 Å². The van der Waals surface area contributed by atoms with E-state index in [0.29, 0.717) is 18.0 Å². The summed E-state index contributed by atoms with van der Waals surface area (Å²) in [5.41, 5.74) is 1.47. The Kier molecular flexibility index (Phi) is 4.45. The topological polar surface area (TPSA) is 89.3 Å². The number of rotatable bonds is 5. The van der Waals surface area contributed by atoms with Crippen LogP contribution in [0, 0.1) is 6.92 Å². The van der Waals surface area contributed by atoms with E-state index in [2.05, 4.69) is 15.6 Å². The van der Waals surface area contributed by atoms with Gasteiger partial charge in [0.1, 0.15) is 12.3 Å². The third-order valence-corrected chi connectivity index (χ3v) is 3.82. The van der Waals surface area contributed by atoms with Gasteiger partial charge in [0, 0.05) is 19.2 Å². The highest BCUT2D eigenvalue weighted by Gasteiger charge is 2.32. The molecule has 1 aromatic heterocycles. The molecule has 2 amide bonds. The maximum atomic E-state index is 12.3. The third-order valence-electron chi connectivity index (χ3n) is 3.82. The van der Waals surface area contributed by atoms with Gasteiger partial charge in [0.25, 0.3) is 0 Å². The van der Waals surface area contributed by atoms with Crippen molar-refractivity contribution in [2.45, 2.75) is 25.9 Å². The molecule has 0 aliphatic carbocycles. The first kappa shape index (κ1) is 16.0. The maximum absolute atomic E-state index is 12.3. The number of para-hydroxylation sites is 2. The predicted molar refractivity (Wildman–Crippen MR) is 86.7 cm³/mol. The first-order chi connectivity index (χ1) is 11.6. The number of hydrogen-bond acceptors (Lipinski definition) is 5. The minimum absolute atomic E-state index is 0.0404. The Labute approximate surface area is 139 Å². The molecule has 2 heterocycles. The normalized spacial score (nSPS) is 17.2. The number of carbonyl (C=O) groups is 2. The number of methoxy groups -OCH3 is 1. The zero-order valence-electron chi connectivity index (χ0n) is 13.6. The summed E-state index contributed by atoms with van der Waals surface area (Å²) in [6.07, 6.45) is 1.96. The fourth-order valence-electron chi connectivity index (χ4n) is 2.78. The summed E-state index contributed by atoms with van der Waals surface area (Å²) in [4.78, 5) is 26.0. The molecular formula is C16H19N5O3. The molecule has 3 rings (SSSR count). The maximum Gasteiger partial charge on any atom is 0.242 e. The van der Waals surface area contributed by atoms with Crippen molar-refractivity contribution >= 4 is 17.5 Å². The van der Waals surface area contributed by atoms with Crippen molar-refractivity contribution < 1.29 is 14.3 Å². The molecule has 1 aliphatic heterocycles. The largest absolute Gasteiger partial charge is 0.495 e. The summed E-state index contributed by atoms with van der Waals surface area (Å²) < 4.78 is 6.78. The van der Waals surface area contributed by atoms with Gasteiger partial charge in [-0.25, -0.2) is 4.68 Å². The van der Waals surface area contributed by atoms with Gasteiger partial charge in [0.2, 0.25) is 11.8 Å². The summed E-state index contributed by atoms with van der Waals surface area (Å²) in [7, 11) is 1.57. The fourth-order valence-corrected chi connectivity index (χ4v) is 2.78. The minimum Gasteiger partial charge on any atom is -0.495 e. The van der Waals surface area contributed by atoms with Crippen molar-refractivity contribution in [2.75, 3.05) is 18.6 Å². The van der Waals surface area contributed by atoms with Crippen LogP contribution in [0.3, 0.4) is 0 Å². The molecule has 24 heavy (non-hydrogen) atoms. The summed E-state index contributed by atoms with van der Waals surface area (Å²) in [6.45, 7) is 2.31. The fraction of sp³-hybridized carbons (Fsp3) is 0.375. The van der Waals surface area contributed by atoms with Gasteiger partial charge < -0.3 is 15.0 Å². The lowest BCUT2D eigenvalue weighted by molar-refractivity contribution is -0.122. The van der Waals surface area contributed by atoms with E-state index >= 15 is 0 Å². The van der Waals surface area contributed by atoms with Crippen molar-refractivity contribution in [1.82, 2.24) is 20.3 Å². The number of ether oxygens (including phenoxy) is 1. The number of anilines is 1. The van der Waals surface area contributed by atoms with Crippen molar-refractivity contribution in [3.8, 4) is 5.75 Å². The van der Waals surface area contributed by atoms with Gasteiger partial charge in [-0.2, -0.15) is 0 Å². The molecular weight excluding hydrogens is 310 g/mol. The number of aromatic nitrogens is 3. The highest BCUT2D eigenvalue weighted by molar-refractivity contribution is 5.98. The minimum atomic E-state index is -0.237. The first-order valence-corrected chi connectivity index (χ1v) is 7.66. The average Bonchev–Trinajstić information content (AvgIpc) is 3.12. The van der Waals surface area contributed by atoms with E-state index in [1.54, 1.807) is 18.2 Å². The predicted octanol–water partition coefficient (Wildman–Crippen LogP) is 0.517. The van der Waals surface area contributed by atoms with Crippen molar-refractivity contribution in [1.29, 1.82) is 0 Å². The van der Waals surface area contributed by atoms with Crippen LogP contribution in [-0.2, 0) is 16.1 Å². The highest BCUT2D eigenvalue weighted by Crippen LogP contribution is 2.30. The molecule has 0 unspecified atom stereocenters. The molecule has 2 aromatic rings. The number of hydrogen-bond donors (Lipinski definition) is 1. The van der Waals surface area contributed by atoms with Crippen LogP contribution in [0.5, 0.6) is 5.75 Å². The van der Waals surface area contributed by atoms with Crippen LogP contribution in [0.1, 0.15) is 12.1 Å². The molecule has 8 nitrogen and oxygen atoms in total. The second-order valence-corrected chi connectivity index (χ2v) is 5.70. The Balaban J connectivity index is 1.63. The zero-order chi connectivity index (χ0) is 17.1. The Morgan fingerprint density at radius 1 is 1.42 bits per heavy atom. The average molecular weight is 329 g/mol. The SMILES string of the molecule is COc1ccccc1N1C[C@@H](NC(=O)Cn2cc(C)nn2)CC1=O. The van der Waals surface area contributed by atoms with E-state index in [-0.39, 0.29) is 30.8 Å². The third kappa shape index (κ3) is 3.37. The van der Waals surface area contributed by atoms with Crippen molar-refractivity contribution in [3.05, 3.63) is 36.2 Å². The van der Waals surface area contributed by atoms with Crippen LogP contribution in [0.4, 0.5) is 5.69 Å². The van der Waals surface area contributed by atoms with Crippen LogP contribution in [0.25, 0.3) is 0 Å². The molecule has 0 radical (unpaired) electrons. The number of nitrogens with zero attached hydrogens (tertiary/aromatic N) is 4. The van der Waals surface area contributed by atoms with Gasteiger partial charge in [0.05, 0.1) is 24.5 Å². The molecule has 8 heteroatoms. The summed E-state index contributed by atoms with van der Waals surface area (Å²) >= 11 is 0. The Bertz CT molecular complexity index is 758. The van der Waals surface area contributed by atoms with E-state index in [1.165, 1.54) is 4.68 Å². The van der Waals surface area contributed by atoms with Crippen LogP contribution in [0.15, 0.2) is 30.5 Å². The van der Waals surface area contributed by atoms with Crippen LogP contribution < -0.4 is 15.0 Å². The molecule has 126 valence electrons. The van der Waals surface area contributed by atoms with Crippen LogP contribution in [-0.4, -0.2) is 46.5 Å². The number of carbonyl (C=O) groups excluding carboxylic acids is 2. The molecule has 1 atom stereocenters. The van der Waals surface area contributed by atoms with Gasteiger partial charge in [-0.15, -0.1) is 5.10 Å². The molecule has 0 saturated carbocycles. The number of aryl methyl sites for hydroxylation is 1. The summed E-state index contributed by atoms with van der Waals surface area (Å²) in [5, 5.41) is 10.6. The zero-order valence-corrected chi connectivity index (χ0v) is 13.6. The van der Waals surface area contributed by atoms with E-state index in [1.807, 2.05) is 31.2 Å². The van der Waals surface area contributed by atoms with E-state index in [4.69, 9.17) is 4.74 Å². The molecule has 1 fully saturated rings. The van der Waals surface area contributed by atoms with Crippen molar-refractivity contribution in [2.24, 2.45) is 0 Å². The number of amides is 2. The quantitative estimate of drug-likeness (QED) is 0.864. The lowest BCUT2D eigenvalue weighted by Crippen LogP contribution is -2.39. The Morgan fingerprint density at radius 3 is 2.92 bits per heavy atom. The van der Waals surface area contributed by atoms with Crippen LogP contribution in [0.2, 0.25) is 0 Å². The van der Waals surface area contributed by atoms with E-state index in [0.717, 1.165) is 5.69 Å². The smallest absolute Gasteiger partial charge is 0.242 e. The summed E-state index contributed by atoms with van der Waals surface area (Å²) in [5.74, 6) is 0.400. The van der Waals surface area contributed by atoms with Gasteiger partial charge in [-0.05, 0) is 19.1 Å². The second kappa shape index (κ2) is 6.69. The Hall–Kier alpha value is -2.90. The first-order valence-electron chi connectivity index (χ1n) is 7.66. The van der Waals surface area contributed by atoms with Gasteiger partial charge in [-0.3, -0.25) is 9.59 Å². The number of benzene rings is 1. The molecule has 0 bridgehead atoms. The molecule has 1 saturated heterocycles. The monoisotopic (exact) mass is 329 g/mol. The van der Waals surface area contributed by atoms with Crippen LogP contribution >= 0.6 is 0 Å². The highest BCUT2D eigenvalue weighted by atomic mass is 16.5. The second-order valence-electron chi connectivity index (χ2n) is 5.70. The molecule has 0 spiro atoms. The van der Waals surface area contributed by atoms with E-state index < -0.39 is 0 Å². The lowest BCUT2D eigenvalue weighted by Gasteiger charge is -2.19.